The van der Waals surface area contributed by atoms with E-state index in [0.29, 0.717) is 24.8 Å². The largest absolute Gasteiger partial charge is 0.484 e. The third-order valence-corrected chi connectivity index (χ3v) is 4.43. The van der Waals surface area contributed by atoms with E-state index >= 15 is 0 Å². The fourth-order valence-electron chi connectivity index (χ4n) is 2.91. The summed E-state index contributed by atoms with van der Waals surface area (Å²) in [5, 5.41) is 3.36. The minimum atomic E-state index is 0.0149. The van der Waals surface area contributed by atoms with E-state index in [1.54, 1.807) is 19.5 Å². The fraction of sp³-hybridized carbons (Fsp3) is 0.421. The molecule has 1 saturated heterocycles. The Bertz CT molecular complexity index is 728. The number of likely N-dealkylation sites (tertiary alicyclic amines) is 1. The van der Waals surface area contributed by atoms with E-state index in [9.17, 15) is 4.79 Å². The molecule has 7 nitrogen and oxygen atoms in total. The summed E-state index contributed by atoms with van der Waals surface area (Å²) in [5.41, 5.74) is 1.16. The van der Waals surface area contributed by atoms with Crippen LogP contribution in [0.4, 0.5) is 5.82 Å². The van der Waals surface area contributed by atoms with Gasteiger partial charge in [-0.3, -0.25) is 4.79 Å². The Balaban J connectivity index is 1.45. The first-order valence-corrected chi connectivity index (χ1v) is 8.74. The lowest BCUT2D eigenvalue weighted by Crippen LogP contribution is -2.44. The van der Waals surface area contributed by atoms with E-state index in [4.69, 9.17) is 9.47 Å². The molecule has 1 aliphatic rings. The second kappa shape index (κ2) is 8.51. The molecule has 0 bridgehead atoms. The molecule has 1 fully saturated rings. The molecule has 2 aromatic rings. The molecule has 2 heterocycles. The van der Waals surface area contributed by atoms with Gasteiger partial charge in [-0.2, -0.15) is 0 Å². The van der Waals surface area contributed by atoms with Gasteiger partial charge in [-0.1, -0.05) is 17.7 Å². The highest BCUT2D eigenvalue weighted by Crippen LogP contribution is 2.21. The van der Waals surface area contributed by atoms with Gasteiger partial charge < -0.3 is 19.7 Å². The average molecular weight is 356 g/mol. The number of methoxy groups -OCH3 is 1. The van der Waals surface area contributed by atoms with Gasteiger partial charge in [-0.15, -0.1) is 0 Å². The molecular formula is C19H24N4O3. The molecule has 1 aliphatic heterocycles. The van der Waals surface area contributed by atoms with Crippen LogP contribution in [-0.2, 0) is 4.79 Å². The van der Waals surface area contributed by atoms with Gasteiger partial charge in [0.25, 0.3) is 11.8 Å². The van der Waals surface area contributed by atoms with E-state index in [0.717, 1.165) is 24.2 Å². The fourth-order valence-corrected chi connectivity index (χ4v) is 2.91. The first-order valence-electron chi connectivity index (χ1n) is 8.74. The number of aryl methyl sites for hydroxylation is 1. The van der Waals surface area contributed by atoms with E-state index in [-0.39, 0.29) is 18.6 Å². The number of anilines is 1. The highest BCUT2D eigenvalue weighted by Gasteiger charge is 2.24. The van der Waals surface area contributed by atoms with Gasteiger partial charge in [0.15, 0.2) is 12.4 Å². The van der Waals surface area contributed by atoms with Crippen molar-refractivity contribution in [1.29, 1.82) is 0 Å². The number of nitrogens with one attached hydrogen (secondary N) is 1. The van der Waals surface area contributed by atoms with Crippen LogP contribution >= 0.6 is 0 Å². The molecule has 1 N–H and O–H groups in total. The van der Waals surface area contributed by atoms with Gasteiger partial charge in [0, 0.05) is 31.5 Å². The molecule has 1 amide bonds. The number of rotatable bonds is 6. The zero-order chi connectivity index (χ0) is 18.4. The molecular weight excluding hydrogens is 332 g/mol. The van der Waals surface area contributed by atoms with Crippen LogP contribution in [0.25, 0.3) is 0 Å². The summed E-state index contributed by atoms with van der Waals surface area (Å²) in [6, 6.07) is 7.94. The smallest absolute Gasteiger partial charge is 0.260 e. The van der Waals surface area contributed by atoms with Gasteiger partial charge in [0.2, 0.25) is 0 Å². The highest BCUT2D eigenvalue weighted by molar-refractivity contribution is 5.77. The Labute approximate surface area is 153 Å². The molecule has 7 heteroatoms. The molecule has 0 unspecified atom stereocenters. The average Bonchev–Trinajstić information content (AvgIpc) is 2.68. The molecule has 0 aliphatic carbocycles. The standard InChI is InChI=1S/C19H24N4O3/c1-14-3-5-16(6-4-14)26-13-17(24)23-11-7-15(8-12-23)22-18-19(25-2)21-10-9-20-18/h3-6,9-10,15H,7-8,11-13H2,1-2H3,(H,20,22). The summed E-state index contributed by atoms with van der Waals surface area (Å²) in [4.78, 5) is 22.6. The molecule has 138 valence electrons. The second-order valence-electron chi connectivity index (χ2n) is 6.32. The van der Waals surface area contributed by atoms with Crippen molar-refractivity contribution in [2.45, 2.75) is 25.8 Å². The van der Waals surface area contributed by atoms with Crippen LogP contribution in [0.5, 0.6) is 11.6 Å². The molecule has 1 aromatic heterocycles. The summed E-state index contributed by atoms with van der Waals surface area (Å²) in [5.74, 6) is 1.86. The number of carbonyl (C=O) groups is 1. The maximum Gasteiger partial charge on any atom is 0.260 e. The van der Waals surface area contributed by atoms with E-state index in [2.05, 4.69) is 15.3 Å². The SMILES string of the molecule is COc1nccnc1NC1CCN(C(=O)COc2ccc(C)cc2)CC1. The van der Waals surface area contributed by atoms with Crippen molar-refractivity contribution in [3.63, 3.8) is 0 Å². The number of benzene rings is 1. The van der Waals surface area contributed by atoms with Crippen molar-refractivity contribution in [1.82, 2.24) is 14.9 Å². The predicted molar refractivity (Wildman–Crippen MR) is 98.5 cm³/mol. The van der Waals surface area contributed by atoms with Crippen LogP contribution < -0.4 is 14.8 Å². The Morgan fingerprint density at radius 2 is 1.88 bits per heavy atom. The first-order chi connectivity index (χ1) is 12.7. The van der Waals surface area contributed by atoms with Crippen LogP contribution in [0.1, 0.15) is 18.4 Å². The summed E-state index contributed by atoms with van der Waals surface area (Å²) in [6.07, 6.45) is 4.91. The molecule has 0 spiro atoms. The molecule has 3 rings (SSSR count). The van der Waals surface area contributed by atoms with E-state index < -0.39 is 0 Å². The number of ether oxygens (including phenoxy) is 2. The van der Waals surface area contributed by atoms with Gasteiger partial charge in [0.1, 0.15) is 5.75 Å². The number of hydrogen-bond acceptors (Lipinski definition) is 6. The Hall–Kier alpha value is -2.83. The Morgan fingerprint density at radius 1 is 1.19 bits per heavy atom. The summed E-state index contributed by atoms with van der Waals surface area (Å²) in [6.45, 7) is 3.47. The molecule has 26 heavy (non-hydrogen) atoms. The zero-order valence-corrected chi connectivity index (χ0v) is 15.1. The Kier molecular flexibility index (Phi) is 5.88. The maximum absolute atomic E-state index is 12.3. The zero-order valence-electron chi connectivity index (χ0n) is 15.1. The second-order valence-corrected chi connectivity index (χ2v) is 6.32. The third kappa shape index (κ3) is 4.62. The lowest BCUT2D eigenvalue weighted by molar-refractivity contribution is -0.134. The van der Waals surface area contributed by atoms with Gasteiger partial charge >= 0.3 is 0 Å². The maximum atomic E-state index is 12.3. The van der Waals surface area contributed by atoms with Crippen molar-refractivity contribution in [3.8, 4) is 11.6 Å². The van der Waals surface area contributed by atoms with Crippen LogP contribution in [0.15, 0.2) is 36.7 Å². The Morgan fingerprint density at radius 3 is 2.58 bits per heavy atom. The third-order valence-electron chi connectivity index (χ3n) is 4.43. The predicted octanol–water partition coefficient (Wildman–Crippen LogP) is 2.28. The summed E-state index contributed by atoms with van der Waals surface area (Å²) >= 11 is 0. The minimum Gasteiger partial charge on any atom is -0.484 e. The van der Waals surface area contributed by atoms with Crippen molar-refractivity contribution in [3.05, 3.63) is 42.2 Å². The highest BCUT2D eigenvalue weighted by atomic mass is 16.5. The van der Waals surface area contributed by atoms with Gasteiger partial charge in [-0.25, -0.2) is 9.97 Å². The van der Waals surface area contributed by atoms with Crippen LogP contribution in [-0.4, -0.2) is 53.6 Å². The number of hydrogen-bond donors (Lipinski definition) is 1. The lowest BCUT2D eigenvalue weighted by Gasteiger charge is -2.32. The molecule has 0 atom stereocenters. The normalized spacial score (nSPS) is 14.8. The van der Waals surface area contributed by atoms with Crippen LogP contribution in [0.2, 0.25) is 0 Å². The summed E-state index contributed by atoms with van der Waals surface area (Å²) in [7, 11) is 1.57. The van der Waals surface area contributed by atoms with Crippen LogP contribution in [0, 0.1) is 6.92 Å². The number of amides is 1. The van der Waals surface area contributed by atoms with Gasteiger partial charge in [-0.05, 0) is 31.9 Å². The summed E-state index contributed by atoms with van der Waals surface area (Å²) < 4.78 is 10.8. The molecule has 1 aromatic carbocycles. The number of aromatic nitrogens is 2. The van der Waals surface area contributed by atoms with Crippen LogP contribution in [0.3, 0.4) is 0 Å². The van der Waals surface area contributed by atoms with Crippen molar-refractivity contribution in [2.24, 2.45) is 0 Å². The van der Waals surface area contributed by atoms with Crippen molar-refractivity contribution < 1.29 is 14.3 Å². The first kappa shape index (κ1) is 18.0. The molecule has 0 radical (unpaired) electrons. The monoisotopic (exact) mass is 356 g/mol. The van der Waals surface area contributed by atoms with Crippen molar-refractivity contribution in [2.75, 3.05) is 32.1 Å². The molecule has 0 saturated carbocycles. The minimum absolute atomic E-state index is 0.0149. The number of carbonyl (C=O) groups excluding carboxylic acids is 1. The quantitative estimate of drug-likeness (QED) is 0.856. The van der Waals surface area contributed by atoms with Gasteiger partial charge in [0.05, 0.1) is 7.11 Å². The number of nitrogens with zero attached hydrogens (tertiary/aromatic N) is 3. The number of piperidine rings is 1. The lowest BCUT2D eigenvalue weighted by atomic mass is 10.1. The van der Waals surface area contributed by atoms with E-state index in [1.807, 2.05) is 36.1 Å². The topological polar surface area (TPSA) is 76.6 Å². The van der Waals surface area contributed by atoms with E-state index in [1.165, 1.54) is 0 Å². The van der Waals surface area contributed by atoms with Crippen molar-refractivity contribution >= 4 is 11.7 Å².